The van der Waals surface area contributed by atoms with Crippen LogP contribution in [0.15, 0.2) is 12.4 Å². The van der Waals surface area contributed by atoms with Crippen LogP contribution >= 0.6 is 0 Å². The van der Waals surface area contributed by atoms with E-state index in [1.54, 1.807) is 17.1 Å². The van der Waals surface area contributed by atoms with E-state index in [4.69, 9.17) is 0 Å². The van der Waals surface area contributed by atoms with Gasteiger partial charge in [-0.2, -0.15) is 0 Å². The van der Waals surface area contributed by atoms with Crippen molar-refractivity contribution in [3.05, 3.63) is 12.4 Å². The molecule has 0 unspecified atom stereocenters. The molecule has 6 nitrogen and oxygen atoms in total. The first kappa shape index (κ1) is 10.1. The van der Waals surface area contributed by atoms with E-state index in [1.807, 2.05) is 0 Å². The lowest BCUT2D eigenvalue weighted by molar-refractivity contribution is -0.122. The molecule has 0 saturated carbocycles. The third-order valence-corrected chi connectivity index (χ3v) is 2.49. The van der Waals surface area contributed by atoms with Crippen LogP contribution < -0.4 is 10.6 Å². The SMILES string of the molecule is O=C(NCCn1ccnn1)[C@@H]1CCCN1. The third kappa shape index (κ3) is 2.76. The molecule has 0 radical (unpaired) electrons. The van der Waals surface area contributed by atoms with Gasteiger partial charge in [-0.3, -0.25) is 9.48 Å². The molecule has 1 amide bonds. The van der Waals surface area contributed by atoms with Gasteiger partial charge in [-0.05, 0) is 19.4 Å². The van der Waals surface area contributed by atoms with Crippen molar-refractivity contribution in [1.29, 1.82) is 0 Å². The Bertz CT molecular complexity index is 304. The molecule has 1 atom stereocenters. The summed E-state index contributed by atoms with van der Waals surface area (Å²) in [6.45, 7) is 2.21. The number of amides is 1. The normalized spacial score (nSPS) is 20.4. The first-order valence-corrected chi connectivity index (χ1v) is 5.21. The van der Waals surface area contributed by atoms with Gasteiger partial charge >= 0.3 is 0 Å². The van der Waals surface area contributed by atoms with Crippen LogP contribution in [-0.4, -0.2) is 40.0 Å². The molecule has 1 aromatic heterocycles. The van der Waals surface area contributed by atoms with Gasteiger partial charge in [0.15, 0.2) is 0 Å². The average Bonchev–Trinajstić information content (AvgIpc) is 2.90. The number of rotatable bonds is 4. The summed E-state index contributed by atoms with van der Waals surface area (Å²) in [5.41, 5.74) is 0. The molecule has 0 spiro atoms. The highest BCUT2D eigenvalue weighted by Crippen LogP contribution is 2.03. The second-order valence-corrected chi connectivity index (χ2v) is 3.61. The largest absolute Gasteiger partial charge is 0.353 e. The van der Waals surface area contributed by atoms with Gasteiger partial charge in [0.25, 0.3) is 0 Å². The molecule has 1 aliphatic rings. The molecule has 6 heteroatoms. The summed E-state index contributed by atoms with van der Waals surface area (Å²) in [4.78, 5) is 11.6. The van der Waals surface area contributed by atoms with Gasteiger partial charge in [-0.25, -0.2) is 0 Å². The third-order valence-electron chi connectivity index (χ3n) is 2.49. The molecule has 15 heavy (non-hydrogen) atoms. The van der Waals surface area contributed by atoms with Crippen molar-refractivity contribution in [2.24, 2.45) is 0 Å². The zero-order valence-corrected chi connectivity index (χ0v) is 8.52. The van der Waals surface area contributed by atoms with Crippen LogP contribution in [-0.2, 0) is 11.3 Å². The molecule has 1 fully saturated rings. The minimum Gasteiger partial charge on any atom is -0.353 e. The predicted octanol–water partition coefficient (Wildman–Crippen LogP) is -0.854. The lowest BCUT2D eigenvalue weighted by Crippen LogP contribution is -2.41. The topological polar surface area (TPSA) is 71.8 Å². The summed E-state index contributed by atoms with van der Waals surface area (Å²) in [5.74, 6) is 0.0904. The van der Waals surface area contributed by atoms with Crippen LogP contribution in [0.3, 0.4) is 0 Å². The minimum absolute atomic E-state index is 0.000691. The fraction of sp³-hybridized carbons (Fsp3) is 0.667. The maximum Gasteiger partial charge on any atom is 0.237 e. The monoisotopic (exact) mass is 209 g/mol. The van der Waals surface area contributed by atoms with Crippen LogP contribution in [0.25, 0.3) is 0 Å². The quantitative estimate of drug-likeness (QED) is 0.677. The van der Waals surface area contributed by atoms with Crippen molar-refractivity contribution >= 4 is 5.91 Å². The van der Waals surface area contributed by atoms with Crippen LogP contribution in [0.4, 0.5) is 0 Å². The molecule has 1 saturated heterocycles. The van der Waals surface area contributed by atoms with Gasteiger partial charge in [-0.1, -0.05) is 5.21 Å². The molecule has 2 rings (SSSR count). The zero-order valence-electron chi connectivity index (χ0n) is 8.52. The van der Waals surface area contributed by atoms with Crippen LogP contribution in [0.5, 0.6) is 0 Å². The second-order valence-electron chi connectivity index (χ2n) is 3.61. The van der Waals surface area contributed by atoms with E-state index in [1.165, 1.54) is 0 Å². The Morgan fingerprint density at radius 3 is 3.27 bits per heavy atom. The van der Waals surface area contributed by atoms with Gasteiger partial charge in [0, 0.05) is 12.7 Å². The van der Waals surface area contributed by atoms with E-state index in [0.717, 1.165) is 19.4 Å². The maximum absolute atomic E-state index is 11.6. The molecule has 0 aromatic carbocycles. The second kappa shape index (κ2) is 4.88. The van der Waals surface area contributed by atoms with Crippen molar-refractivity contribution in [2.45, 2.75) is 25.4 Å². The number of carbonyl (C=O) groups excluding carboxylic acids is 1. The minimum atomic E-state index is 0.000691. The number of nitrogens with zero attached hydrogens (tertiary/aromatic N) is 3. The van der Waals surface area contributed by atoms with Crippen molar-refractivity contribution < 1.29 is 4.79 Å². The molecular weight excluding hydrogens is 194 g/mol. The molecule has 1 aliphatic heterocycles. The molecular formula is C9H15N5O. The molecule has 2 heterocycles. The molecule has 1 aromatic rings. The number of nitrogens with one attached hydrogen (secondary N) is 2. The maximum atomic E-state index is 11.6. The van der Waals surface area contributed by atoms with E-state index in [-0.39, 0.29) is 11.9 Å². The molecule has 82 valence electrons. The summed E-state index contributed by atoms with van der Waals surface area (Å²) >= 11 is 0. The summed E-state index contributed by atoms with van der Waals surface area (Å²) in [7, 11) is 0. The highest BCUT2D eigenvalue weighted by Gasteiger charge is 2.21. The fourth-order valence-electron chi connectivity index (χ4n) is 1.68. The van der Waals surface area contributed by atoms with Gasteiger partial charge in [-0.15, -0.1) is 5.10 Å². The fourth-order valence-corrected chi connectivity index (χ4v) is 1.68. The van der Waals surface area contributed by atoms with E-state index in [0.29, 0.717) is 13.1 Å². The van der Waals surface area contributed by atoms with Gasteiger partial charge in [0.2, 0.25) is 5.91 Å². The summed E-state index contributed by atoms with van der Waals surface area (Å²) in [5, 5.41) is 13.5. The zero-order chi connectivity index (χ0) is 10.5. The lowest BCUT2D eigenvalue weighted by atomic mass is 10.2. The lowest BCUT2D eigenvalue weighted by Gasteiger charge is -2.10. The Morgan fingerprint density at radius 2 is 2.60 bits per heavy atom. The van der Waals surface area contributed by atoms with Crippen LogP contribution in [0.2, 0.25) is 0 Å². The predicted molar refractivity (Wildman–Crippen MR) is 54.1 cm³/mol. The average molecular weight is 209 g/mol. The van der Waals surface area contributed by atoms with Crippen molar-refractivity contribution in [3.8, 4) is 0 Å². The number of carbonyl (C=O) groups is 1. The first-order valence-electron chi connectivity index (χ1n) is 5.21. The van der Waals surface area contributed by atoms with Crippen molar-refractivity contribution in [3.63, 3.8) is 0 Å². The standard InChI is InChI=1S/C9H15N5O/c15-9(8-2-1-3-10-8)11-4-6-14-7-5-12-13-14/h5,7-8,10H,1-4,6H2,(H,11,15)/t8-/m0/s1. The van der Waals surface area contributed by atoms with Crippen LogP contribution in [0.1, 0.15) is 12.8 Å². The summed E-state index contributed by atoms with van der Waals surface area (Å²) in [6, 6.07) is 0.000691. The Morgan fingerprint density at radius 1 is 1.67 bits per heavy atom. The first-order chi connectivity index (χ1) is 7.36. The Kier molecular flexibility index (Phi) is 3.29. The van der Waals surface area contributed by atoms with Crippen molar-refractivity contribution in [2.75, 3.05) is 13.1 Å². The number of aromatic nitrogens is 3. The van der Waals surface area contributed by atoms with Gasteiger partial charge in [0.05, 0.1) is 18.8 Å². The van der Waals surface area contributed by atoms with Gasteiger partial charge < -0.3 is 10.6 Å². The molecule has 0 bridgehead atoms. The molecule has 2 N–H and O–H groups in total. The highest BCUT2D eigenvalue weighted by atomic mass is 16.2. The summed E-state index contributed by atoms with van der Waals surface area (Å²) < 4.78 is 1.70. The Labute approximate surface area is 88.0 Å². The van der Waals surface area contributed by atoms with E-state index >= 15 is 0 Å². The van der Waals surface area contributed by atoms with E-state index in [2.05, 4.69) is 20.9 Å². The Hall–Kier alpha value is -1.43. The summed E-state index contributed by atoms with van der Waals surface area (Å²) in [6.07, 6.45) is 5.43. The van der Waals surface area contributed by atoms with Gasteiger partial charge in [0.1, 0.15) is 0 Å². The van der Waals surface area contributed by atoms with E-state index in [9.17, 15) is 4.79 Å². The smallest absolute Gasteiger partial charge is 0.237 e. The van der Waals surface area contributed by atoms with Crippen molar-refractivity contribution in [1.82, 2.24) is 25.6 Å². The number of hydrogen-bond acceptors (Lipinski definition) is 4. The van der Waals surface area contributed by atoms with E-state index < -0.39 is 0 Å². The number of hydrogen-bond donors (Lipinski definition) is 2. The Balaban J connectivity index is 1.67. The van der Waals surface area contributed by atoms with Crippen LogP contribution in [0, 0.1) is 0 Å². The highest BCUT2D eigenvalue weighted by molar-refractivity contribution is 5.81. The molecule has 0 aliphatic carbocycles.